The third kappa shape index (κ3) is 4.73. The van der Waals surface area contributed by atoms with Crippen molar-refractivity contribution in [3.8, 4) is 17.6 Å². The molecule has 0 spiro atoms. The lowest BCUT2D eigenvalue weighted by molar-refractivity contribution is -0.137. The Morgan fingerprint density at radius 2 is 1.63 bits per heavy atom. The summed E-state index contributed by atoms with van der Waals surface area (Å²) in [5.41, 5.74) is 1.47. The Bertz CT molecular complexity index is 1230. The van der Waals surface area contributed by atoms with Gasteiger partial charge in [-0.15, -0.1) is 0 Å². The normalized spacial score (nSPS) is 21.3. The van der Waals surface area contributed by atoms with Crippen LogP contribution in [0.2, 0.25) is 0 Å². The van der Waals surface area contributed by atoms with Crippen LogP contribution in [-0.2, 0) is 14.8 Å². The summed E-state index contributed by atoms with van der Waals surface area (Å²) >= 11 is 0. The Kier molecular flexibility index (Phi) is 6.67. The van der Waals surface area contributed by atoms with Crippen molar-refractivity contribution in [2.45, 2.75) is 43.0 Å². The Hall–Kier alpha value is -3.09. The molecule has 0 saturated carbocycles. The second-order valence-corrected chi connectivity index (χ2v) is 11.2. The number of hydrogen-bond acceptors (Lipinski definition) is 6. The molecule has 3 aliphatic rings. The summed E-state index contributed by atoms with van der Waals surface area (Å²) in [5, 5.41) is 8.95. The average Bonchev–Trinajstić information content (AvgIpc) is 3.27. The Labute approximate surface area is 206 Å². The zero-order valence-electron chi connectivity index (χ0n) is 19.6. The lowest BCUT2D eigenvalue weighted by Gasteiger charge is -2.34. The van der Waals surface area contributed by atoms with Gasteiger partial charge in [-0.2, -0.15) is 9.57 Å². The van der Waals surface area contributed by atoms with Crippen molar-refractivity contribution < 1.29 is 22.7 Å². The molecule has 3 aliphatic heterocycles. The standard InChI is InChI=1S/C26H29N3O5S/c27-18-19-4-7-22(8-5-19)35(31,32)28-13-10-20(11-14-28)26(30)29-12-1-3-23(29)21-6-9-24-25(17-21)34-16-2-15-33-24/h4-9,17,20,23H,1-3,10-16H2. The smallest absolute Gasteiger partial charge is 0.243 e. The number of carbonyl (C=O) groups excluding carboxylic acids is 1. The molecule has 2 saturated heterocycles. The molecule has 3 heterocycles. The van der Waals surface area contributed by atoms with E-state index in [-0.39, 0.29) is 22.8 Å². The number of amides is 1. The lowest BCUT2D eigenvalue weighted by atomic mass is 9.95. The number of nitrogens with zero attached hydrogens (tertiary/aromatic N) is 3. The summed E-state index contributed by atoms with van der Waals surface area (Å²) in [6.07, 6.45) is 3.68. The van der Waals surface area contributed by atoms with E-state index in [4.69, 9.17) is 14.7 Å². The highest BCUT2D eigenvalue weighted by Gasteiger charge is 2.38. The molecule has 1 atom stereocenters. The van der Waals surface area contributed by atoms with Gasteiger partial charge < -0.3 is 14.4 Å². The van der Waals surface area contributed by atoms with Crippen LogP contribution in [0.15, 0.2) is 47.4 Å². The van der Waals surface area contributed by atoms with Crippen molar-refractivity contribution in [3.05, 3.63) is 53.6 Å². The number of carbonyl (C=O) groups is 1. The van der Waals surface area contributed by atoms with Gasteiger partial charge in [-0.25, -0.2) is 8.42 Å². The second-order valence-electron chi connectivity index (χ2n) is 9.26. The summed E-state index contributed by atoms with van der Waals surface area (Å²) < 4.78 is 39.1. The molecule has 184 valence electrons. The Balaban J connectivity index is 1.25. The first-order valence-corrected chi connectivity index (χ1v) is 13.6. The van der Waals surface area contributed by atoms with Crippen molar-refractivity contribution >= 4 is 15.9 Å². The molecule has 8 nitrogen and oxygen atoms in total. The number of benzene rings is 2. The number of fused-ring (bicyclic) bond motifs is 1. The summed E-state index contributed by atoms with van der Waals surface area (Å²) in [4.78, 5) is 15.6. The van der Waals surface area contributed by atoms with Crippen molar-refractivity contribution in [2.24, 2.45) is 5.92 Å². The molecule has 5 rings (SSSR count). The van der Waals surface area contributed by atoms with E-state index in [9.17, 15) is 13.2 Å². The molecule has 2 aromatic rings. The summed E-state index contributed by atoms with van der Waals surface area (Å²) in [6.45, 7) is 2.58. The highest BCUT2D eigenvalue weighted by atomic mass is 32.2. The first kappa shape index (κ1) is 23.6. The Morgan fingerprint density at radius 3 is 2.34 bits per heavy atom. The molecular weight excluding hydrogens is 466 g/mol. The molecule has 0 N–H and O–H groups in total. The fraction of sp³-hybridized carbons (Fsp3) is 0.462. The van der Waals surface area contributed by atoms with Crippen LogP contribution in [0.25, 0.3) is 0 Å². The van der Waals surface area contributed by atoms with E-state index >= 15 is 0 Å². The molecule has 9 heteroatoms. The van der Waals surface area contributed by atoms with Crippen LogP contribution in [0.3, 0.4) is 0 Å². The average molecular weight is 496 g/mol. The molecule has 1 unspecified atom stereocenters. The van der Waals surface area contributed by atoms with Crippen LogP contribution in [0.1, 0.15) is 49.3 Å². The van der Waals surface area contributed by atoms with Crippen molar-refractivity contribution in [1.29, 1.82) is 5.26 Å². The third-order valence-corrected chi connectivity index (χ3v) is 9.03. The van der Waals surface area contributed by atoms with Crippen molar-refractivity contribution in [1.82, 2.24) is 9.21 Å². The van der Waals surface area contributed by atoms with Gasteiger partial charge in [-0.3, -0.25) is 4.79 Å². The minimum Gasteiger partial charge on any atom is -0.490 e. The maximum Gasteiger partial charge on any atom is 0.243 e. The van der Waals surface area contributed by atoms with E-state index in [1.54, 1.807) is 0 Å². The molecule has 2 fully saturated rings. The number of piperidine rings is 1. The lowest BCUT2D eigenvalue weighted by Crippen LogP contribution is -2.44. The minimum atomic E-state index is -3.65. The quantitative estimate of drug-likeness (QED) is 0.644. The summed E-state index contributed by atoms with van der Waals surface area (Å²) in [7, 11) is -3.65. The summed E-state index contributed by atoms with van der Waals surface area (Å²) in [5.74, 6) is 1.40. The summed E-state index contributed by atoms with van der Waals surface area (Å²) in [6, 6.07) is 13.9. The van der Waals surface area contributed by atoms with Gasteiger partial charge in [0, 0.05) is 32.0 Å². The number of ether oxygens (including phenoxy) is 2. The maximum absolute atomic E-state index is 13.5. The van der Waals surface area contributed by atoms with E-state index < -0.39 is 10.0 Å². The van der Waals surface area contributed by atoms with Crippen LogP contribution in [0.4, 0.5) is 0 Å². The van der Waals surface area contributed by atoms with Gasteiger partial charge >= 0.3 is 0 Å². The molecular formula is C26H29N3O5S. The number of likely N-dealkylation sites (tertiary alicyclic amines) is 1. The predicted octanol–water partition coefficient (Wildman–Crippen LogP) is 3.48. The highest BCUT2D eigenvalue weighted by Crippen LogP contribution is 2.39. The number of hydrogen-bond donors (Lipinski definition) is 0. The fourth-order valence-electron chi connectivity index (χ4n) is 5.19. The van der Waals surface area contributed by atoms with Crippen LogP contribution in [-0.4, -0.2) is 56.4 Å². The zero-order valence-corrected chi connectivity index (χ0v) is 20.4. The van der Waals surface area contributed by atoms with Gasteiger partial charge in [0.25, 0.3) is 0 Å². The van der Waals surface area contributed by atoms with E-state index in [1.165, 1.54) is 28.6 Å². The van der Waals surface area contributed by atoms with E-state index in [2.05, 4.69) is 0 Å². The SMILES string of the molecule is N#Cc1ccc(S(=O)(=O)N2CCC(C(=O)N3CCCC3c3ccc4c(c3)OCCCO4)CC2)cc1. The Morgan fingerprint density at radius 1 is 0.914 bits per heavy atom. The van der Waals surface area contributed by atoms with Crippen LogP contribution in [0, 0.1) is 17.2 Å². The van der Waals surface area contributed by atoms with E-state index in [0.717, 1.165) is 36.3 Å². The topological polar surface area (TPSA) is 99.9 Å². The molecule has 0 aromatic heterocycles. The molecule has 35 heavy (non-hydrogen) atoms. The van der Waals surface area contributed by atoms with E-state index in [0.29, 0.717) is 51.3 Å². The van der Waals surface area contributed by atoms with Crippen LogP contribution in [0.5, 0.6) is 11.5 Å². The molecule has 0 aliphatic carbocycles. The van der Waals surface area contributed by atoms with Gasteiger partial charge in [0.05, 0.1) is 35.8 Å². The van der Waals surface area contributed by atoms with Gasteiger partial charge in [0.15, 0.2) is 11.5 Å². The number of nitriles is 1. The third-order valence-electron chi connectivity index (χ3n) is 7.12. The van der Waals surface area contributed by atoms with Gasteiger partial charge in [0.2, 0.25) is 15.9 Å². The number of sulfonamides is 1. The first-order valence-electron chi connectivity index (χ1n) is 12.2. The zero-order chi connectivity index (χ0) is 24.4. The first-order chi connectivity index (χ1) is 17.0. The molecule has 0 radical (unpaired) electrons. The van der Waals surface area contributed by atoms with Crippen LogP contribution >= 0.6 is 0 Å². The predicted molar refractivity (Wildman–Crippen MR) is 128 cm³/mol. The highest BCUT2D eigenvalue weighted by molar-refractivity contribution is 7.89. The van der Waals surface area contributed by atoms with Gasteiger partial charge in [0.1, 0.15) is 0 Å². The van der Waals surface area contributed by atoms with Gasteiger partial charge in [-0.1, -0.05) is 6.07 Å². The van der Waals surface area contributed by atoms with E-state index in [1.807, 2.05) is 29.2 Å². The van der Waals surface area contributed by atoms with Gasteiger partial charge in [-0.05, 0) is 67.6 Å². The fourth-order valence-corrected chi connectivity index (χ4v) is 6.66. The van der Waals surface area contributed by atoms with Crippen molar-refractivity contribution in [3.63, 3.8) is 0 Å². The monoisotopic (exact) mass is 495 g/mol. The van der Waals surface area contributed by atoms with Crippen molar-refractivity contribution in [2.75, 3.05) is 32.8 Å². The number of rotatable bonds is 4. The minimum absolute atomic E-state index is 0.0000594. The second kappa shape index (κ2) is 9.88. The molecule has 1 amide bonds. The molecule has 2 aromatic carbocycles. The largest absolute Gasteiger partial charge is 0.490 e. The van der Waals surface area contributed by atoms with Crippen LogP contribution < -0.4 is 9.47 Å². The maximum atomic E-state index is 13.5. The molecule has 0 bridgehead atoms.